The Kier molecular flexibility index (Phi) is 27.8. The van der Waals surface area contributed by atoms with Gasteiger partial charge >= 0.3 is 16.4 Å². The molecule has 0 aromatic rings. The zero-order valence-electron chi connectivity index (χ0n) is 44.2. The van der Waals surface area contributed by atoms with Crippen LogP contribution >= 0.6 is 0 Å². The van der Waals surface area contributed by atoms with Crippen LogP contribution in [0.1, 0.15) is 98.8 Å². The molecule has 0 aliphatic carbocycles. The summed E-state index contributed by atoms with van der Waals surface area (Å²) in [4.78, 5) is 62.4. The van der Waals surface area contributed by atoms with E-state index in [4.69, 9.17) is 37.9 Å². The summed E-state index contributed by atoms with van der Waals surface area (Å²) in [6, 6.07) is -6.73. The van der Waals surface area contributed by atoms with Crippen molar-refractivity contribution >= 4 is 40.0 Å². The van der Waals surface area contributed by atoms with Crippen molar-refractivity contribution in [3.63, 3.8) is 0 Å². The smallest absolute Gasteiger partial charge is 0.397 e. The molecule has 20 atom stereocenters. The third-order valence-electron chi connectivity index (χ3n) is 13.1. The molecule has 8 unspecified atom stereocenters. The van der Waals surface area contributed by atoms with Gasteiger partial charge in [0.25, 0.3) is 0 Å². The minimum absolute atomic E-state index is 0.541. The third-order valence-corrected chi connectivity index (χ3v) is 13.6. The van der Waals surface area contributed by atoms with Gasteiger partial charge in [0, 0.05) is 27.7 Å². The van der Waals surface area contributed by atoms with Crippen LogP contribution in [0.2, 0.25) is 0 Å². The number of rotatable bonds is 29. The van der Waals surface area contributed by atoms with Crippen molar-refractivity contribution in [3.05, 3.63) is 24.3 Å². The molecule has 4 fully saturated rings. The van der Waals surface area contributed by atoms with E-state index >= 15 is 0 Å². The summed E-state index contributed by atoms with van der Waals surface area (Å²) in [7, 11) is -5.16. The summed E-state index contributed by atoms with van der Waals surface area (Å²) in [6.45, 7) is 2.60. The van der Waals surface area contributed by atoms with Gasteiger partial charge in [0.2, 0.25) is 23.6 Å². The standard InChI is InChI=1S/C48H80N4O25S/c1-6-7-8-9-10-11-12-13-14-15-16-17-18-19-32(59)52-34-38(61)37(60)30(22-69-27(5)58)74-46(34)75-42-28(20-53)72-47(35(40(42)63)50-25(3)56)76-43-29(21-54)73-48(36(41(43)64)51-26(4)57)77-44-31(23-70-78(66,67)68)71-45(65)33(39(44)62)49-24(2)55/h11-12,18-19,28-31,33-48,53-54,60-65H,6-10,13-17,20-23H2,1-5H3,(H,49,55)(H,50,56)(H,51,57)(H,52,59)(H,66,67,68)/b12-11-,19-18+/t28-,29?,30?,31-,33?,34?,35?,36?,37+,38+,39?,40?,41+,42+,43+,44+,45+,46-,47-,48-/m0/s1. The van der Waals surface area contributed by atoms with E-state index in [1.54, 1.807) is 6.08 Å². The van der Waals surface area contributed by atoms with Crippen LogP contribution in [-0.4, -0.2) is 232 Å². The molecule has 4 heterocycles. The lowest BCUT2D eigenvalue weighted by molar-refractivity contribution is -0.361. The minimum Gasteiger partial charge on any atom is -0.463 e. The second-order valence-electron chi connectivity index (χ2n) is 19.4. The van der Waals surface area contributed by atoms with Crippen molar-refractivity contribution < 1.29 is 120 Å². The number of carbonyl (C=O) groups excluding carboxylic acids is 5. The molecule has 4 aliphatic rings. The first kappa shape index (κ1) is 66.6. The molecule has 448 valence electrons. The van der Waals surface area contributed by atoms with Gasteiger partial charge in [0.15, 0.2) is 25.2 Å². The maximum absolute atomic E-state index is 13.3. The summed E-state index contributed by atoms with van der Waals surface area (Å²) in [5, 5.41) is 99.3. The Morgan fingerprint density at radius 1 is 0.513 bits per heavy atom. The zero-order chi connectivity index (χ0) is 57.9. The molecule has 30 heteroatoms. The van der Waals surface area contributed by atoms with E-state index in [1.807, 2.05) is 0 Å². The second-order valence-corrected chi connectivity index (χ2v) is 20.5. The Hall–Kier alpha value is -3.90. The van der Waals surface area contributed by atoms with Crippen molar-refractivity contribution in [2.24, 2.45) is 0 Å². The van der Waals surface area contributed by atoms with Crippen molar-refractivity contribution in [2.45, 2.75) is 221 Å². The fourth-order valence-corrected chi connectivity index (χ4v) is 9.60. The molecule has 13 N–H and O–H groups in total. The largest absolute Gasteiger partial charge is 0.463 e. The highest BCUT2D eigenvalue weighted by Gasteiger charge is 2.56. The van der Waals surface area contributed by atoms with Gasteiger partial charge in [-0.3, -0.25) is 28.5 Å². The van der Waals surface area contributed by atoms with Gasteiger partial charge in [-0.2, -0.15) is 8.42 Å². The first-order valence-electron chi connectivity index (χ1n) is 26.0. The predicted octanol–water partition coefficient (Wildman–Crippen LogP) is -3.76. The number of allylic oxidation sites excluding steroid dienone is 3. The lowest BCUT2D eigenvalue weighted by atomic mass is 9.93. The normalized spacial score (nSPS) is 35.5. The van der Waals surface area contributed by atoms with Gasteiger partial charge < -0.3 is 100 Å². The second kappa shape index (κ2) is 32.5. The van der Waals surface area contributed by atoms with E-state index in [1.165, 1.54) is 31.8 Å². The van der Waals surface area contributed by atoms with Crippen LogP contribution in [0.5, 0.6) is 0 Å². The highest BCUT2D eigenvalue weighted by atomic mass is 32.3. The van der Waals surface area contributed by atoms with E-state index in [0.29, 0.717) is 6.42 Å². The SMILES string of the molecule is CCCCCC/C=C\CCCCC/C=C/C(=O)NC1[C@H](O[C@H]2C(O)C(NC(C)=O)[C@H](O[C@@H]3C(CO)O[C@@H](O[C@H]4C(O)C(NC(C)=O)[C@H](O)O[C@H]4COS(=O)(=O)O)C(NC(C)=O)[C@H]3O)O[C@H]2CO)OC(COC(C)=O)[C@@H](O)[C@@H]1O. The summed E-state index contributed by atoms with van der Waals surface area (Å²) in [5.74, 6) is -3.92. The summed E-state index contributed by atoms with van der Waals surface area (Å²) in [6.07, 6.45) is -12.2. The number of ether oxygens (including phenoxy) is 8. The van der Waals surface area contributed by atoms with E-state index in [-0.39, 0.29) is 0 Å². The molecule has 0 saturated carbocycles. The van der Waals surface area contributed by atoms with Crippen LogP contribution in [-0.2, 0) is 76.4 Å². The maximum Gasteiger partial charge on any atom is 0.397 e. The van der Waals surface area contributed by atoms with Gasteiger partial charge in [0.05, 0.1) is 19.8 Å². The van der Waals surface area contributed by atoms with E-state index < -0.39 is 189 Å². The monoisotopic (exact) mass is 1140 g/mol. The Labute approximate surface area is 452 Å². The van der Waals surface area contributed by atoms with Crippen LogP contribution in [0.4, 0.5) is 0 Å². The molecular formula is C48H80N4O25S. The lowest BCUT2D eigenvalue weighted by Crippen LogP contribution is -2.71. The van der Waals surface area contributed by atoms with Gasteiger partial charge in [-0.05, 0) is 44.6 Å². The van der Waals surface area contributed by atoms with E-state index in [2.05, 4.69) is 44.5 Å². The molecule has 4 aliphatic heterocycles. The number of aliphatic hydroxyl groups is 8. The summed E-state index contributed by atoms with van der Waals surface area (Å²) < 4.78 is 83.2. The van der Waals surface area contributed by atoms with Crippen LogP contribution in [0, 0.1) is 0 Å². The number of unbranched alkanes of at least 4 members (excludes halogenated alkanes) is 8. The lowest BCUT2D eigenvalue weighted by Gasteiger charge is -2.51. The first-order valence-corrected chi connectivity index (χ1v) is 27.3. The molecule has 0 radical (unpaired) electrons. The number of carbonyl (C=O) groups is 5. The number of aliphatic hydroxyl groups excluding tert-OH is 8. The minimum atomic E-state index is -5.16. The van der Waals surface area contributed by atoms with Gasteiger partial charge in [-0.25, -0.2) is 4.18 Å². The Morgan fingerprint density at radius 3 is 1.38 bits per heavy atom. The number of hydrogen-bond acceptors (Lipinski definition) is 24. The fraction of sp³-hybridized carbons (Fsp3) is 0.812. The molecule has 0 aromatic heterocycles. The van der Waals surface area contributed by atoms with Crippen molar-refractivity contribution in [3.8, 4) is 0 Å². The Morgan fingerprint density at radius 2 is 0.936 bits per heavy atom. The van der Waals surface area contributed by atoms with Gasteiger partial charge in [0.1, 0.15) is 104 Å². The van der Waals surface area contributed by atoms with Crippen molar-refractivity contribution in [2.75, 3.05) is 26.4 Å². The number of amides is 4. The summed E-state index contributed by atoms with van der Waals surface area (Å²) in [5.41, 5.74) is 0. The zero-order valence-corrected chi connectivity index (χ0v) is 45.0. The molecule has 4 rings (SSSR count). The van der Waals surface area contributed by atoms with E-state index in [0.717, 1.165) is 59.8 Å². The predicted molar refractivity (Wildman–Crippen MR) is 265 cm³/mol. The Balaban J connectivity index is 1.56. The molecule has 4 saturated heterocycles. The number of esters is 1. The summed E-state index contributed by atoms with van der Waals surface area (Å²) >= 11 is 0. The topological polar surface area (TPSA) is 433 Å². The molecule has 29 nitrogen and oxygen atoms in total. The molecular weight excluding hydrogens is 1060 g/mol. The number of nitrogens with one attached hydrogen (secondary N) is 4. The molecule has 0 spiro atoms. The Bertz CT molecular complexity index is 2070. The highest BCUT2D eigenvalue weighted by molar-refractivity contribution is 7.80. The van der Waals surface area contributed by atoms with Crippen molar-refractivity contribution in [1.29, 1.82) is 0 Å². The van der Waals surface area contributed by atoms with Crippen LogP contribution in [0.3, 0.4) is 0 Å². The molecule has 0 bridgehead atoms. The molecule has 0 aromatic carbocycles. The average molecular weight is 1150 g/mol. The van der Waals surface area contributed by atoms with Crippen LogP contribution < -0.4 is 21.3 Å². The quantitative estimate of drug-likeness (QED) is 0.0112. The maximum atomic E-state index is 13.3. The van der Waals surface area contributed by atoms with E-state index in [9.17, 15) is 77.8 Å². The molecule has 4 amide bonds. The van der Waals surface area contributed by atoms with Gasteiger partial charge in [-0.1, -0.05) is 50.8 Å². The van der Waals surface area contributed by atoms with Crippen LogP contribution in [0.15, 0.2) is 24.3 Å². The third kappa shape index (κ3) is 20.3. The van der Waals surface area contributed by atoms with Crippen LogP contribution in [0.25, 0.3) is 0 Å². The molecule has 78 heavy (non-hydrogen) atoms. The van der Waals surface area contributed by atoms with Gasteiger partial charge in [-0.15, -0.1) is 0 Å². The fourth-order valence-electron chi connectivity index (χ4n) is 9.29. The van der Waals surface area contributed by atoms with Crippen molar-refractivity contribution in [1.82, 2.24) is 21.3 Å². The first-order chi connectivity index (χ1) is 36.9. The number of hydrogen-bond donors (Lipinski definition) is 13. The highest BCUT2D eigenvalue weighted by Crippen LogP contribution is 2.35. The average Bonchev–Trinajstić information content (AvgIpc) is 3.44.